The second-order valence-corrected chi connectivity index (χ2v) is 19.9. The van der Waals surface area contributed by atoms with Gasteiger partial charge < -0.3 is 14.2 Å². The van der Waals surface area contributed by atoms with Crippen LogP contribution in [0.3, 0.4) is 0 Å². The van der Waals surface area contributed by atoms with E-state index in [1.54, 1.807) is 0 Å². The Morgan fingerprint density at radius 2 is 0.582 bits per heavy atom. The molecule has 67 heavy (non-hydrogen) atoms. The van der Waals surface area contributed by atoms with Gasteiger partial charge in [-0.15, -0.1) is 0 Å². The van der Waals surface area contributed by atoms with E-state index in [0.29, 0.717) is 19.3 Å². The zero-order valence-electron chi connectivity index (χ0n) is 44.9. The molecular weight excluding hydrogens is 829 g/mol. The first kappa shape index (κ1) is 64.6. The van der Waals surface area contributed by atoms with Crippen LogP contribution in [0.25, 0.3) is 0 Å². The number of carbonyl (C=O) groups is 3. The van der Waals surface area contributed by atoms with Gasteiger partial charge in [0.1, 0.15) is 13.2 Å². The second-order valence-electron chi connectivity index (χ2n) is 19.9. The lowest BCUT2D eigenvalue weighted by Gasteiger charge is -2.18. The van der Waals surface area contributed by atoms with Gasteiger partial charge in [0, 0.05) is 19.3 Å². The standard InChI is InChI=1S/C61H112O6/c1-4-7-10-13-16-19-22-25-27-29-31-33-34-36-39-42-45-48-51-54-60(63)66-57-58(56-65-59(62)53-50-47-44-41-38-24-21-18-15-12-9-6-3)67-61(64)55-52-49-46-43-40-37-35-32-30-28-26-23-20-17-14-11-8-5-2/h7,10,16,19,25,27,58H,4-6,8-9,11-15,17-18,20-24,26,28-57H2,1-3H3/b10-7-,19-16-,27-25-. The lowest BCUT2D eigenvalue weighted by Crippen LogP contribution is -2.30. The van der Waals surface area contributed by atoms with Crippen molar-refractivity contribution >= 4 is 17.9 Å². The molecule has 6 nitrogen and oxygen atoms in total. The molecule has 0 aromatic rings. The van der Waals surface area contributed by atoms with Gasteiger partial charge in [0.25, 0.3) is 0 Å². The molecule has 0 fully saturated rings. The number of ether oxygens (including phenoxy) is 3. The van der Waals surface area contributed by atoms with Crippen molar-refractivity contribution < 1.29 is 28.6 Å². The third-order valence-electron chi connectivity index (χ3n) is 13.2. The zero-order chi connectivity index (χ0) is 48.6. The lowest BCUT2D eigenvalue weighted by atomic mass is 10.0. The van der Waals surface area contributed by atoms with Crippen molar-refractivity contribution in [3.63, 3.8) is 0 Å². The first-order valence-corrected chi connectivity index (χ1v) is 29.5. The smallest absolute Gasteiger partial charge is 0.306 e. The summed E-state index contributed by atoms with van der Waals surface area (Å²) in [6.07, 6.45) is 67.1. The van der Waals surface area contributed by atoms with E-state index in [9.17, 15) is 14.4 Å². The van der Waals surface area contributed by atoms with Crippen LogP contribution in [0, 0.1) is 0 Å². The number of allylic oxidation sites excluding steroid dienone is 6. The van der Waals surface area contributed by atoms with Gasteiger partial charge in [-0.05, 0) is 51.4 Å². The molecule has 6 heteroatoms. The molecule has 0 aromatic carbocycles. The molecule has 0 rings (SSSR count). The molecule has 392 valence electrons. The van der Waals surface area contributed by atoms with E-state index in [0.717, 1.165) is 77.0 Å². The van der Waals surface area contributed by atoms with Crippen LogP contribution in [-0.4, -0.2) is 37.2 Å². The number of unbranched alkanes of at least 4 members (excludes halogenated alkanes) is 37. The average molecular weight is 942 g/mol. The van der Waals surface area contributed by atoms with Crippen LogP contribution in [-0.2, 0) is 28.6 Å². The van der Waals surface area contributed by atoms with Crippen molar-refractivity contribution in [2.75, 3.05) is 13.2 Å². The number of hydrogen-bond acceptors (Lipinski definition) is 6. The number of rotatable bonds is 54. The van der Waals surface area contributed by atoms with Crippen molar-refractivity contribution in [1.29, 1.82) is 0 Å². The molecule has 0 aliphatic heterocycles. The molecule has 0 radical (unpaired) electrons. The summed E-state index contributed by atoms with van der Waals surface area (Å²) in [6, 6.07) is 0. The van der Waals surface area contributed by atoms with Gasteiger partial charge in [0.05, 0.1) is 0 Å². The topological polar surface area (TPSA) is 78.9 Å². The van der Waals surface area contributed by atoms with Crippen LogP contribution < -0.4 is 0 Å². The van der Waals surface area contributed by atoms with Crippen molar-refractivity contribution in [3.05, 3.63) is 36.5 Å². The number of esters is 3. The highest BCUT2D eigenvalue weighted by Crippen LogP contribution is 2.17. The molecule has 1 atom stereocenters. The maximum atomic E-state index is 12.9. The predicted molar refractivity (Wildman–Crippen MR) is 289 cm³/mol. The number of hydrogen-bond donors (Lipinski definition) is 0. The second kappa shape index (κ2) is 56.2. The van der Waals surface area contributed by atoms with Crippen LogP contribution in [0.4, 0.5) is 0 Å². The summed E-state index contributed by atoms with van der Waals surface area (Å²) in [6.45, 7) is 6.57. The molecule has 0 aliphatic carbocycles. The summed E-state index contributed by atoms with van der Waals surface area (Å²) in [4.78, 5) is 38.2. The van der Waals surface area contributed by atoms with Crippen LogP contribution in [0.1, 0.15) is 316 Å². The van der Waals surface area contributed by atoms with Gasteiger partial charge in [0.2, 0.25) is 0 Å². The predicted octanol–water partition coefficient (Wildman–Crippen LogP) is 19.7. The van der Waals surface area contributed by atoms with Gasteiger partial charge in [0.15, 0.2) is 6.10 Å². The van der Waals surface area contributed by atoms with Gasteiger partial charge in [-0.2, -0.15) is 0 Å². The minimum Gasteiger partial charge on any atom is -0.462 e. The summed E-state index contributed by atoms with van der Waals surface area (Å²) in [5.74, 6) is -0.854. The molecule has 0 spiro atoms. The Bertz CT molecular complexity index is 1130. The molecule has 1 unspecified atom stereocenters. The first-order valence-electron chi connectivity index (χ1n) is 29.5. The summed E-state index contributed by atoms with van der Waals surface area (Å²) in [5.41, 5.74) is 0. The van der Waals surface area contributed by atoms with Crippen LogP contribution in [0.5, 0.6) is 0 Å². The zero-order valence-corrected chi connectivity index (χ0v) is 44.9. The van der Waals surface area contributed by atoms with Crippen molar-refractivity contribution in [2.24, 2.45) is 0 Å². The average Bonchev–Trinajstić information content (AvgIpc) is 3.33. The third-order valence-corrected chi connectivity index (χ3v) is 13.2. The highest BCUT2D eigenvalue weighted by Gasteiger charge is 2.19. The van der Waals surface area contributed by atoms with E-state index < -0.39 is 6.10 Å². The Balaban J connectivity index is 4.30. The van der Waals surface area contributed by atoms with E-state index in [2.05, 4.69) is 57.2 Å². The van der Waals surface area contributed by atoms with Crippen LogP contribution in [0.15, 0.2) is 36.5 Å². The van der Waals surface area contributed by atoms with E-state index in [1.807, 2.05) is 0 Å². The maximum absolute atomic E-state index is 12.9. The van der Waals surface area contributed by atoms with Crippen LogP contribution in [0.2, 0.25) is 0 Å². The van der Waals surface area contributed by atoms with Crippen molar-refractivity contribution in [2.45, 2.75) is 322 Å². The molecule has 0 aliphatic rings. The summed E-state index contributed by atoms with van der Waals surface area (Å²) < 4.78 is 16.9. The molecule has 0 aromatic heterocycles. The third kappa shape index (κ3) is 54.4. The maximum Gasteiger partial charge on any atom is 0.306 e. The minimum atomic E-state index is -0.769. The largest absolute Gasteiger partial charge is 0.462 e. The molecule has 0 heterocycles. The van der Waals surface area contributed by atoms with Gasteiger partial charge >= 0.3 is 17.9 Å². The summed E-state index contributed by atoms with van der Waals surface area (Å²) in [5, 5.41) is 0. The first-order chi connectivity index (χ1) is 33.0. The van der Waals surface area contributed by atoms with E-state index in [1.165, 1.54) is 199 Å². The Morgan fingerprint density at radius 3 is 0.910 bits per heavy atom. The van der Waals surface area contributed by atoms with E-state index in [-0.39, 0.29) is 31.1 Å². The molecule has 0 N–H and O–H groups in total. The number of carbonyl (C=O) groups excluding carboxylic acids is 3. The minimum absolute atomic E-state index is 0.0685. The Hall–Kier alpha value is -2.37. The Morgan fingerprint density at radius 1 is 0.313 bits per heavy atom. The van der Waals surface area contributed by atoms with Crippen molar-refractivity contribution in [1.82, 2.24) is 0 Å². The van der Waals surface area contributed by atoms with Gasteiger partial charge in [-0.25, -0.2) is 0 Å². The van der Waals surface area contributed by atoms with Crippen LogP contribution >= 0.6 is 0 Å². The molecule has 0 bridgehead atoms. The Labute approximate surface area is 416 Å². The quantitative estimate of drug-likeness (QED) is 0.0262. The monoisotopic (exact) mass is 941 g/mol. The molecule has 0 amide bonds. The van der Waals surface area contributed by atoms with Crippen molar-refractivity contribution in [3.8, 4) is 0 Å². The lowest BCUT2D eigenvalue weighted by molar-refractivity contribution is -0.167. The highest BCUT2D eigenvalue weighted by molar-refractivity contribution is 5.71. The fraction of sp³-hybridized carbons (Fsp3) is 0.852. The van der Waals surface area contributed by atoms with E-state index >= 15 is 0 Å². The van der Waals surface area contributed by atoms with Gasteiger partial charge in [-0.3, -0.25) is 14.4 Å². The summed E-state index contributed by atoms with van der Waals surface area (Å²) in [7, 11) is 0. The highest BCUT2D eigenvalue weighted by atomic mass is 16.6. The van der Waals surface area contributed by atoms with E-state index in [4.69, 9.17) is 14.2 Å². The SMILES string of the molecule is CC/C=C\C/C=C\C/C=C\CCCCCCCCCCCC(=O)OCC(COC(=O)CCCCCCCCCCCCCC)OC(=O)CCCCCCCCCCCCCCCCCCCC. The fourth-order valence-electron chi connectivity index (χ4n) is 8.75. The fourth-order valence-corrected chi connectivity index (χ4v) is 8.75. The normalized spacial score (nSPS) is 12.2. The van der Waals surface area contributed by atoms with Gasteiger partial charge in [-0.1, -0.05) is 282 Å². The molecule has 0 saturated heterocycles. The molecular formula is C61H112O6. The summed E-state index contributed by atoms with van der Waals surface area (Å²) >= 11 is 0. The Kier molecular flexibility index (Phi) is 54.2. The molecule has 0 saturated carbocycles.